The molecule has 25 heavy (non-hydrogen) atoms. The Kier molecular flexibility index (Phi) is 5.13. The summed E-state index contributed by atoms with van der Waals surface area (Å²) >= 11 is 0. The van der Waals surface area contributed by atoms with Crippen molar-refractivity contribution in [1.82, 2.24) is 5.32 Å². The van der Waals surface area contributed by atoms with Gasteiger partial charge in [0.2, 0.25) is 0 Å². The fraction of sp³-hybridized carbons (Fsp3) is 0.316. The smallest absolute Gasteiger partial charge is 0.263 e. The van der Waals surface area contributed by atoms with Crippen molar-refractivity contribution in [3.05, 3.63) is 66.0 Å². The minimum absolute atomic E-state index is 0.144. The molecule has 0 spiro atoms. The summed E-state index contributed by atoms with van der Waals surface area (Å²) in [6, 6.07) is 15.1. The first-order chi connectivity index (χ1) is 12.0. The van der Waals surface area contributed by atoms with E-state index in [4.69, 9.17) is 0 Å². The van der Waals surface area contributed by atoms with Gasteiger partial charge in [0.15, 0.2) is 5.60 Å². The van der Waals surface area contributed by atoms with Crippen LogP contribution in [0.25, 0.3) is 0 Å². The van der Waals surface area contributed by atoms with Crippen LogP contribution in [0, 0.1) is 5.82 Å². The third-order valence-corrected chi connectivity index (χ3v) is 4.52. The molecule has 0 radical (unpaired) electrons. The van der Waals surface area contributed by atoms with Gasteiger partial charge in [-0.2, -0.15) is 0 Å². The fourth-order valence-electron chi connectivity index (χ4n) is 3.01. The molecule has 1 aliphatic heterocycles. The van der Waals surface area contributed by atoms with Crippen LogP contribution in [0.3, 0.4) is 0 Å². The molecule has 6 heteroatoms. The van der Waals surface area contributed by atoms with Crippen molar-refractivity contribution >= 4 is 11.6 Å². The topological polar surface area (TPSA) is 72.8 Å². The Morgan fingerprint density at radius 3 is 2.52 bits per heavy atom. The quantitative estimate of drug-likeness (QED) is 0.694. The SMILES string of the molecule is O=C1N(c2ccccc2)CCC1(O)C(O)NCCc1ccc(F)cc1. The number of anilines is 1. The molecule has 0 aliphatic carbocycles. The molecule has 1 saturated heterocycles. The van der Waals surface area contributed by atoms with Crippen LogP contribution in [0.15, 0.2) is 54.6 Å². The molecule has 132 valence electrons. The highest BCUT2D eigenvalue weighted by Gasteiger charge is 2.50. The fourth-order valence-corrected chi connectivity index (χ4v) is 3.01. The van der Waals surface area contributed by atoms with E-state index in [-0.39, 0.29) is 12.2 Å². The number of aliphatic hydroxyl groups excluding tert-OH is 1. The summed E-state index contributed by atoms with van der Waals surface area (Å²) in [6.45, 7) is 0.698. The zero-order chi connectivity index (χ0) is 17.9. The Morgan fingerprint density at radius 2 is 1.84 bits per heavy atom. The number of hydrogen-bond acceptors (Lipinski definition) is 4. The highest BCUT2D eigenvalue weighted by molar-refractivity contribution is 6.02. The van der Waals surface area contributed by atoms with Crippen molar-refractivity contribution in [2.75, 3.05) is 18.0 Å². The van der Waals surface area contributed by atoms with Crippen LogP contribution in [0.5, 0.6) is 0 Å². The Hall–Kier alpha value is -2.28. The van der Waals surface area contributed by atoms with Crippen molar-refractivity contribution in [3.63, 3.8) is 0 Å². The Morgan fingerprint density at radius 1 is 1.16 bits per heavy atom. The van der Waals surface area contributed by atoms with Crippen LogP contribution < -0.4 is 10.2 Å². The Labute approximate surface area is 145 Å². The monoisotopic (exact) mass is 344 g/mol. The van der Waals surface area contributed by atoms with E-state index in [2.05, 4.69) is 5.32 Å². The lowest BCUT2D eigenvalue weighted by atomic mass is 10.00. The van der Waals surface area contributed by atoms with E-state index in [1.54, 1.807) is 24.3 Å². The maximum absolute atomic E-state index is 12.9. The van der Waals surface area contributed by atoms with Gasteiger partial charge < -0.3 is 15.1 Å². The van der Waals surface area contributed by atoms with Crippen molar-refractivity contribution in [2.45, 2.75) is 24.7 Å². The van der Waals surface area contributed by atoms with Gasteiger partial charge in [0.05, 0.1) is 0 Å². The lowest BCUT2D eigenvalue weighted by Gasteiger charge is -2.28. The standard InChI is InChI=1S/C19H21FN2O3/c20-15-8-6-14(7-9-15)10-12-21-17(23)19(25)11-13-22(18(19)24)16-4-2-1-3-5-16/h1-9,17,21,23,25H,10-13H2. The lowest BCUT2D eigenvalue weighted by Crippen LogP contribution is -2.56. The van der Waals surface area contributed by atoms with Gasteiger partial charge in [-0.1, -0.05) is 30.3 Å². The molecule has 1 heterocycles. The maximum Gasteiger partial charge on any atom is 0.263 e. The highest BCUT2D eigenvalue weighted by Crippen LogP contribution is 2.29. The zero-order valence-electron chi connectivity index (χ0n) is 13.7. The summed E-state index contributed by atoms with van der Waals surface area (Å²) in [7, 11) is 0. The normalized spacial score (nSPS) is 21.6. The summed E-state index contributed by atoms with van der Waals surface area (Å²) in [5.41, 5.74) is -0.253. The number of amides is 1. The van der Waals surface area contributed by atoms with E-state index in [0.29, 0.717) is 25.2 Å². The van der Waals surface area contributed by atoms with Gasteiger partial charge in [-0.25, -0.2) is 4.39 Å². The molecule has 2 unspecified atom stereocenters. The number of rotatable bonds is 6. The van der Waals surface area contributed by atoms with Crippen LogP contribution in [-0.4, -0.2) is 41.0 Å². The number of halogens is 1. The highest BCUT2D eigenvalue weighted by atomic mass is 19.1. The molecule has 1 fully saturated rings. The second-order valence-corrected chi connectivity index (χ2v) is 6.20. The molecular formula is C19H21FN2O3. The molecule has 1 aliphatic rings. The number of carbonyl (C=O) groups is 1. The van der Waals surface area contributed by atoms with E-state index in [0.717, 1.165) is 5.56 Å². The van der Waals surface area contributed by atoms with Crippen LogP contribution >= 0.6 is 0 Å². The second-order valence-electron chi connectivity index (χ2n) is 6.20. The molecule has 2 atom stereocenters. The third kappa shape index (κ3) is 3.71. The van der Waals surface area contributed by atoms with Crippen LogP contribution in [0.1, 0.15) is 12.0 Å². The first-order valence-electron chi connectivity index (χ1n) is 8.26. The predicted octanol–water partition coefficient (Wildman–Crippen LogP) is 1.44. The summed E-state index contributed by atoms with van der Waals surface area (Å²) in [6.07, 6.45) is -0.677. The number of benzene rings is 2. The summed E-state index contributed by atoms with van der Waals surface area (Å²) in [5.74, 6) is -0.816. The van der Waals surface area contributed by atoms with Gasteiger partial charge in [0.1, 0.15) is 12.0 Å². The molecule has 5 nitrogen and oxygen atoms in total. The van der Waals surface area contributed by atoms with E-state index < -0.39 is 17.7 Å². The molecule has 3 rings (SSSR count). The molecule has 2 aromatic rings. The van der Waals surface area contributed by atoms with Gasteiger partial charge in [0.25, 0.3) is 5.91 Å². The minimum atomic E-state index is -1.85. The molecule has 1 amide bonds. The first-order valence-corrected chi connectivity index (χ1v) is 8.26. The Balaban J connectivity index is 1.58. The van der Waals surface area contributed by atoms with Crippen LogP contribution in [-0.2, 0) is 11.2 Å². The summed E-state index contributed by atoms with van der Waals surface area (Å²) < 4.78 is 12.9. The van der Waals surface area contributed by atoms with E-state index >= 15 is 0 Å². The van der Waals surface area contributed by atoms with Gasteiger partial charge in [-0.05, 0) is 36.2 Å². The molecule has 3 N–H and O–H groups in total. The summed E-state index contributed by atoms with van der Waals surface area (Å²) in [4.78, 5) is 14.1. The second kappa shape index (κ2) is 7.31. The molecule has 0 bridgehead atoms. The predicted molar refractivity (Wildman–Crippen MR) is 92.5 cm³/mol. The molecule has 0 aromatic heterocycles. The number of hydrogen-bond donors (Lipinski definition) is 3. The number of nitrogens with zero attached hydrogens (tertiary/aromatic N) is 1. The number of carbonyl (C=O) groups excluding carboxylic acids is 1. The number of aliphatic hydroxyl groups is 2. The third-order valence-electron chi connectivity index (χ3n) is 4.52. The maximum atomic E-state index is 12.9. The summed E-state index contributed by atoms with van der Waals surface area (Å²) in [5, 5.41) is 23.7. The van der Waals surface area contributed by atoms with Crippen LogP contribution in [0.4, 0.5) is 10.1 Å². The van der Waals surface area contributed by atoms with E-state index in [1.807, 2.05) is 18.2 Å². The van der Waals surface area contributed by atoms with Crippen molar-refractivity contribution < 1.29 is 19.4 Å². The van der Waals surface area contributed by atoms with Gasteiger partial charge in [-0.3, -0.25) is 10.1 Å². The average Bonchev–Trinajstić information content (AvgIpc) is 2.94. The lowest BCUT2D eigenvalue weighted by molar-refractivity contribution is -0.147. The Bertz CT molecular complexity index is 723. The number of para-hydroxylation sites is 1. The van der Waals surface area contributed by atoms with Crippen LogP contribution in [0.2, 0.25) is 0 Å². The molecule has 0 saturated carbocycles. The van der Waals surface area contributed by atoms with E-state index in [9.17, 15) is 19.4 Å². The zero-order valence-corrected chi connectivity index (χ0v) is 13.7. The first kappa shape index (κ1) is 17.5. The average molecular weight is 344 g/mol. The van der Waals surface area contributed by atoms with Gasteiger partial charge in [0, 0.05) is 25.2 Å². The van der Waals surface area contributed by atoms with E-state index in [1.165, 1.54) is 17.0 Å². The minimum Gasteiger partial charge on any atom is -0.376 e. The van der Waals surface area contributed by atoms with Crippen molar-refractivity contribution in [2.24, 2.45) is 0 Å². The van der Waals surface area contributed by atoms with Gasteiger partial charge >= 0.3 is 0 Å². The largest absolute Gasteiger partial charge is 0.376 e. The number of nitrogens with one attached hydrogen (secondary N) is 1. The van der Waals surface area contributed by atoms with Crippen molar-refractivity contribution in [3.8, 4) is 0 Å². The van der Waals surface area contributed by atoms with Gasteiger partial charge in [-0.15, -0.1) is 0 Å². The molecule has 2 aromatic carbocycles. The molecular weight excluding hydrogens is 323 g/mol. The van der Waals surface area contributed by atoms with Crippen molar-refractivity contribution in [1.29, 1.82) is 0 Å².